The second-order valence-corrected chi connectivity index (χ2v) is 6.17. The van der Waals surface area contributed by atoms with Crippen LogP contribution in [0.3, 0.4) is 0 Å². The molecule has 124 valence electrons. The number of H-pyrrole nitrogens is 1. The molecule has 0 atom stereocenters. The van der Waals surface area contributed by atoms with E-state index >= 15 is 0 Å². The average molecular weight is 345 g/mol. The van der Waals surface area contributed by atoms with Crippen LogP contribution in [-0.4, -0.2) is 24.5 Å². The quantitative estimate of drug-likeness (QED) is 0.418. The lowest BCUT2D eigenvalue weighted by Gasteiger charge is -2.06. The van der Waals surface area contributed by atoms with Crippen LogP contribution in [0.15, 0.2) is 40.3 Å². The number of non-ortho nitro benzene ring substituents is 1. The van der Waals surface area contributed by atoms with Gasteiger partial charge in [-0.3, -0.25) is 24.3 Å². The summed E-state index contributed by atoms with van der Waals surface area (Å²) >= 11 is 1.47. The molecular formula is C15H15N5O3S. The maximum atomic E-state index is 11.7. The van der Waals surface area contributed by atoms with Crippen LogP contribution >= 0.6 is 11.8 Å². The summed E-state index contributed by atoms with van der Waals surface area (Å²) in [7, 11) is 0. The normalized spacial score (nSPS) is 11.0. The first-order valence-electron chi connectivity index (χ1n) is 7.42. The van der Waals surface area contributed by atoms with Crippen LogP contribution in [0, 0.1) is 10.1 Å². The number of nitrogens with zero attached hydrogens (tertiary/aromatic N) is 4. The number of rotatable bonds is 6. The molecule has 0 saturated carbocycles. The van der Waals surface area contributed by atoms with E-state index in [2.05, 4.69) is 15.2 Å². The minimum absolute atomic E-state index is 0.0690. The van der Waals surface area contributed by atoms with Gasteiger partial charge in [0.25, 0.3) is 11.2 Å². The van der Waals surface area contributed by atoms with Crippen molar-refractivity contribution in [2.45, 2.75) is 30.7 Å². The monoisotopic (exact) mass is 345 g/mol. The van der Waals surface area contributed by atoms with E-state index in [-0.39, 0.29) is 11.2 Å². The molecule has 0 aliphatic carbocycles. The number of thioether (sulfide) groups is 1. The smallest absolute Gasteiger partial charge is 0.269 e. The predicted octanol–water partition coefficient (Wildman–Crippen LogP) is 2.57. The van der Waals surface area contributed by atoms with Crippen molar-refractivity contribution in [3.05, 3.63) is 62.1 Å². The summed E-state index contributed by atoms with van der Waals surface area (Å²) in [5, 5.41) is 19.5. The molecule has 0 amide bonds. The number of aromatic amines is 1. The number of hydrogen-bond donors (Lipinski definition) is 1. The maximum absolute atomic E-state index is 11.7. The van der Waals surface area contributed by atoms with E-state index in [1.807, 2.05) is 11.3 Å². The molecule has 0 aliphatic heterocycles. The molecule has 0 unspecified atom stereocenters. The number of nitro benzene ring substituents is 1. The Bertz CT molecular complexity index is 932. The molecule has 8 nitrogen and oxygen atoms in total. The Morgan fingerprint density at radius 1 is 1.29 bits per heavy atom. The number of nitrogens with one attached hydrogen (secondary N) is 1. The average Bonchev–Trinajstić information content (AvgIpc) is 2.96. The highest BCUT2D eigenvalue weighted by Crippen LogP contribution is 2.23. The van der Waals surface area contributed by atoms with Crippen molar-refractivity contribution in [2.24, 2.45) is 0 Å². The van der Waals surface area contributed by atoms with Gasteiger partial charge in [-0.1, -0.05) is 37.2 Å². The Morgan fingerprint density at radius 2 is 2.04 bits per heavy atom. The van der Waals surface area contributed by atoms with Crippen LogP contribution in [0.25, 0.3) is 5.78 Å². The minimum Gasteiger partial charge on any atom is -0.291 e. The highest BCUT2D eigenvalue weighted by molar-refractivity contribution is 7.98. The zero-order valence-corrected chi connectivity index (χ0v) is 13.7. The molecule has 2 aromatic heterocycles. The lowest BCUT2D eigenvalue weighted by atomic mass is 10.2. The van der Waals surface area contributed by atoms with E-state index in [1.165, 1.54) is 23.9 Å². The lowest BCUT2D eigenvalue weighted by molar-refractivity contribution is -0.384. The van der Waals surface area contributed by atoms with Crippen molar-refractivity contribution in [1.82, 2.24) is 19.6 Å². The number of nitro groups is 1. The minimum atomic E-state index is -0.420. The first-order valence-corrected chi connectivity index (χ1v) is 8.40. The van der Waals surface area contributed by atoms with Crippen LogP contribution in [-0.2, 0) is 12.2 Å². The standard InChI is InChI=1S/C15H15N5O3S/c1-2-3-12-8-13(21)16-14-17-18-15(19(12)14)24-9-10-4-6-11(7-5-10)20(22)23/h4-8H,2-3,9H2,1H3,(H,16,17,21). The number of fused-ring (bicyclic) bond motifs is 1. The van der Waals surface area contributed by atoms with Crippen molar-refractivity contribution in [3.63, 3.8) is 0 Å². The summed E-state index contributed by atoms with van der Waals surface area (Å²) in [5.41, 5.74) is 1.70. The molecule has 9 heteroatoms. The summed E-state index contributed by atoms with van der Waals surface area (Å²) in [6.45, 7) is 2.04. The molecule has 2 heterocycles. The molecule has 0 aliphatic rings. The van der Waals surface area contributed by atoms with Gasteiger partial charge in [0.2, 0.25) is 5.78 Å². The molecule has 0 radical (unpaired) electrons. The highest BCUT2D eigenvalue weighted by atomic mass is 32.2. The first-order chi connectivity index (χ1) is 11.6. The van der Waals surface area contributed by atoms with Gasteiger partial charge in [0.05, 0.1) is 4.92 Å². The van der Waals surface area contributed by atoms with Gasteiger partial charge in [0.15, 0.2) is 5.16 Å². The number of aryl methyl sites for hydroxylation is 1. The van der Waals surface area contributed by atoms with Gasteiger partial charge in [-0.25, -0.2) is 0 Å². The molecule has 1 N–H and O–H groups in total. The Morgan fingerprint density at radius 3 is 2.71 bits per heavy atom. The number of aromatic nitrogens is 4. The molecule has 3 rings (SSSR count). The van der Waals surface area contributed by atoms with Gasteiger partial charge < -0.3 is 0 Å². The molecule has 0 saturated heterocycles. The van der Waals surface area contributed by atoms with Crippen LogP contribution < -0.4 is 5.56 Å². The summed E-state index contributed by atoms with van der Waals surface area (Å²) in [5.74, 6) is 1.03. The Hall–Kier alpha value is -2.68. The first kappa shape index (κ1) is 16.2. The summed E-state index contributed by atoms with van der Waals surface area (Å²) < 4.78 is 1.85. The van der Waals surface area contributed by atoms with Gasteiger partial charge in [-0.15, -0.1) is 10.2 Å². The van der Waals surface area contributed by atoms with E-state index in [4.69, 9.17) is 0 Å². The van der Waals surface area contributed by atoms with Crippen LogP contribution in [0.1, 0.15) is 24.6 Å². The van der Waals surface area contributed by atoms with Crippen molar-refractivity contribution in [1.29, 1.82) is 0 Å². The van der Waals surface area contributed by atoms with Crippen molar-refractivity contribution in [3.8, 4) is 0 Å². The third-order valence-corrected chi connectivity index (χ3v) is 4.47. The molecular weight excluding hydrogens is 330 g/mol. The fourth-order valence-electron chi connectivity index (χ4n) is 2.37. The second kappa shape index (κ2) is 6.83. The molecule has 0 fully saturated rings. The van der Waals surface area contributed by atoms with Crippen molar-refractivity contribution in [2.75, 3.05) is 0 Å². The lowest BCUT2D eigenvalue weighted by Crippen LogP contribution is -2.11. The van der Waals surface area contributed by atoms with Gasteiger partial charge in [0.1, 0.15) is 0 Å². The molecule has 3 aromatic rings. The van der Waals surface area contributed by atoms with Gasteiger partial charge in [-0.2, -0.15) is 0 Å². The molecule has 0 spiro atoms. The third kappa shape index (κ3) is 3.30. The fraction of sp³-hybridized carbons (Fsp3) is 0.267. The topological polar surface area (TPSA) is 106 Å². The van der Waals surface area contributed by atoms with Gasteiger partial charge in [0, 0.05) is 29.6 Å². The number of benzene rings is 1. The SMILES string of the molecule is CCCc1cc(=O)[nH]c2nnc(SCc3ccc([N+](=O)[O-])cc3)n12. The van der Waals surface area contributed by atoms with Gasteiger partial charge in [-0.05, 0) is 12.0 Å². The van der Waals surface area contributed by atoms with E-state index in [9.17, 15) is 14.9 Å². The summed E-state index contributed by atoms with van der Waals surface area (Å²) in [4.78, 5) is 24.6. The van der Waals surface area contributed by atoms with Crippen LogP contribution in [0.4, 0.5) is 5.69 Å². The highest BCUT2D eigenvalue weighted by Gasteiger charge is 2.12. The zero-order valence-electron chi connectivity index (χ0n) is 12.9. The summed E-state index contributed by atoms with van der Waals surface area (Å²) in [6.07, 6.45) is 1.66. The Balaban J connectivity index is 1.85. The largest absolute Gasteiger partial charge is 0.291 e. The maximum Gasteiger partial charge on any atom is 0.269 e. The number of hydrogen-bond acceptors (Lipinski definition) is 6. The van der Waals surface area contributed by atoms with Crippen molar-refractivity contribution < 1.29 is 4.92 Å². The summed E-state index contributed by atoms with van der Waals surface area (Å²) in [6, 6.07) is 7.98. The third-order valence-electron chi connectivity index (χ3n) is 3.47. The molecule has 1 aromatic carbocycles. The second-order valence-electron chi connectivity index (χ2n) is 5.23. The molecule has 0 bridgehead atoms. The van der Waals surface area contributed by atoms with E-state index in [0.717, 1.165) is 24.1 Å². The Labute approximate surface area is 141 Å². The van der Waals surface area contributed by atoms with E-state index in [0.29, 0.717) is 16.7 Å². The van der Waals surface area contributed by atoms with Crippen LogP contribution in [0.5, 0.6) is 0 Å². The van der Waals surface area contributed by atoms with Gasteiger partial charge >= 0.3 is 0 Å². The fourth-order valence-corrected chi connectivity index (χ4v) is 3.29. The zero-order chi connectivity index (χ0) is 17.1. The van der Waals surface area contributed by atoms with Crippen molar-refractivity contribution >= 4 is 23.2 Å². The van der Waals surface area contributed by atoms with E-state index < -0.39 is 4.92 Å². The van der Waals surface area contributed by atoms with E-state index in [1.54, 1.807) is 18.2 Å². The molecule has 24 heavy (non-hydrogen) atoms. The van der Waals surface area contributed by atoms with Crippen LogP contribution in [0.2, 0.25) is 0 Å². The predicted molar refractivity (Wildman–Crippen MR) is 90.3 cm³/mol. The Kier molecular flexibility index (Phi) is 4.61.